The van der Waals surface area contributed by atoms with E-state index in [4.69, 9.17) is 0 Å². The summed E-state index contributed by atoms with van der Waals surface area (Å²) in [5.41, 5.74) is 2.94. The van der Waals surface area contributed by atoms with Gasteiger partial charge in [0.15, 0.2) is 0 Å². The Morgan fingerprint density at radius 3 is 2.63 bits per heavy atom. The zero-order valence-electron chi connectivity index (χ0n) is 14.7. The van der Waals surface area contributed by atoms with Crippen LogP contribution in [0.1, 0.15) is 16.3 Å². The molecule has 4 rings (SSSR count). The zero-order chi connectivity index (χ0) is 18.5. The molecule has 5 heteroatoms. The average molecular weight is 373 g/mol. The van der Waals surface area contributed by atoms with Gasteiger partial charge in [0.1, 0.15) is 12.4 Å². The quantitative estimate of drug-likeness (QED) is 0.537. The maximum atomic E-state index is 12.5. The van der Waals surface area contributed by atoms with Gasteiger partial charge in [-0.15, -0.1) is 11.3 Å². The molecule has 0 atom stereocenters. The molecular formula is C22H19N3OS. The molecule has 0 spiro atoms. The van der Waals surface area contributed by atoms with Crippen molar-refractivity contribution in [2.75, 3.05) is 0 Å². The molecule has 0 unspecified atom stereocenters. The van der Waals surface area contributed by atoms with Crippen LogP contribution in [-0.2, 0) is 17.9 Å². The summed E-state index contributed by atoms with van der Waals surface area (Å²) in [4.78, 5) is 18.3. The van der Waals surface area contributed by atoms with Crippen LogP contribution in [0.4, 0.5) is 0 Å². The van der Waals surface area contributed by atoms with Crippen LogP contribution in [0.5, 0.6) is 0 Å². The normalized spacial score (nSPS) is 11.3. The first-order valence-corrected chi connectivity index (χ1v) is 9.65. The highest BCUT2D eigenvalue weighted by Crippen LogP contribution is 2.18. The number of fused-ring (bicyclic) bond motifs is 1. The van der Waals surface area contributed by atoms with E-state index < -0.39 is 0 Å². The molecule has 4 nitrogen and oxygen atoms in total. The van der Waals surface area contributed by atoms with Crippen LogP contribution >= 0.6 is 11.3 Å². The number of thiophene rings is 1. The SMILES string of the molecule is O=C(Cn1c(/C=C/c2ccccc2)nc2ccccc21)NCc1cccs1. The Bertz CT molecular complexity index is 1070. The van der Waals surface area contributed by atoms with E-state index in [-0.39, 0.29) is 12.5 Å². The van der Waals surface area contributed by atoms with Gasteiger partial charge in [-0.25, -0.2) is 4.98 Å². The summed E-state index contributed by atoms with van der Waals surface area (Å²) in [6.45, 7) is 0.790. The third-order valence-electron chi connectivity index (χ3n) is 4.25. The van der Waals surface area contributed by atoms with Gasteiger partial charge in [0.25, 0.3) is 0 Å². The number of carbonyl (C=O) groups is 1. The van der Waals surface area contributed by atoms with Gasteiger partial charge in [-0.2, -0.15) is 0 Å². The summed E-state index contributed by atoms with van der Waals surface area (Å²) < 4.78 is 1.96. The first-order chi connectivity index (χ1) is 13.3. The van der Waals surface area contributed by atoms with Crippen LogP contribution < -0.4 is 5.32 Å². The fourth-order valence-corrected chi connectivity index (χ4v) is 3.57. The fraction of sp³-hybridized carbons (Fsp3) is 0.0909. The minimum Gasteiger partial charge on any atom is -0.350 e. The number of hydrogen-bond donors (Lipinski definition) is 1. The van der Waals surface area contributed by atoms with E-state index in [1.54, 1.807) is 11.3 Å². The number of rotatable bonds is 6. The Morgan fingerprint density at radius 1 is 1.00 bits per heavy atom. The molecule has 4 aromatic rings. The number of imidazole rings is 1. The Labute approximate surface area is 161 Å². The first-order valence-electron chi connectivity index (χ1n) is 8.77. The van der Waals surface area contributed by atoms with Crippen molar-refractivity contribution in [3.05, 3.63) is 88.4 Å². The summed E-state index contributed by atoms with van der Waals surface area (Å²) in [7, 11) is 0. The van der Waals surface area contributed by atoms with Crippen molar-refractivity contribution < 1.29 is 4.79 Å². The lowest BCUT2D eigenvalue weighted by Crippen LogP contribution is -2.27. The van der Waals surface area contributed by atoms with Gasteiger partial charge in [-0.1, -0.05) is 54.6 Å². The number of carbonyl (C=O) groups excluding carboxylic acids is 1. The van der Waals surface area contributed by atoms with Crippen molar-refractivity contribution in [1.29, 1.82) is 0 Å². The van der Waals surface area contributed by atoms with Crippen LogP contribution in [0.3, 0.4) is 0 Å². The molecular weight excluding hydrogens is 354 g/mol. The van der Waals surface area contributed by atoms with E-state index in [0.29, 0.717) is 6.54 Å². The molecule has 27 heavy (non-hydrogen) atoms. The van der Waals surface area contributed by atoms with Crippen molar-refractivity contribution in [2.45, 2.75) is 13.1 Å². The van der Waals surface area contributed by atoms with E-state index in [1.807, 2.05) is 88.8 Å². The molecule has 0 bridgehead atoms. The van der Waals surface area contributed by atoms with E-state index in [2.05, 4.69) is 10.3 Å². The summed E-state index contributed by atoms with van der Waals surface area (Å²) in [6, 6.07) is 22.0. The second-order valence-electron chi connectivity index (χ2n) is 6.14. The van der Waals surface area contributed by atoms with Crippen LogP contribution in [0.2, 0.25) is 0 Å². The predicted molar refractivity (Wildman–Crippen MR) is 111 cm³/mol. The third-order valence-corrected chi connectivity index (χ3v) is 5.13. The lowest BCUT2D eigenvalue weighted by Gasteiger charge is -2.08. The van der Waals surface area contributed by atoms with E-state index in [1.165, 1.54) is 0 Å². The van der Waals surface area contributed by atoms with Crippen LogP contribution in [0.25, 0.3) is 23.2 Å². The minimum atomic E-state index is -0.0269. The summed E-state index contributed by atoms with van der Waals surface area (Å²) in [5, 5.41) is 5.00. The van der Waals surface area contributed by atoms with E-state index in [0.717, 1.165) is 27.3 Å². The lowest BCUT2D eigenvalue weighted by molar-refractivity contribution is -0.121. The summed E-state index contributed by atoms with van der Waals surface area (Å²) in [5.74, 6) is 0.743. The standard InChI is InChI=1S/C22H19N3OS/c26-22(23-15-18-9-6-14-27-18)16-25-20-11-5-4-10-19(20)24-21(25)13-12-17-7-2-1-3-8-17/h1-14H,15-16H2,(H,23,26)/b13-12+. The molecule has 2 aromatic carbocycles. The number of aromatic nitrogens is 2. The molecule has 0 aliphatic rings. The fourth-order valence-electron chi connectivity index (χ4n) is 2.92. The molecule has 0 radical (unpaired) electrons. The highest BCUT2D eigenvalue weighted by molar-refractivity contribution is 7.09. The Hall–Kier alpha value is -3.18. The molecule has 0 fully saturated rings. The maximum Gasteiger partial charge on any atom is 0.240 e. The van der Waals surface area contributed by atoms with Gasteiger partial charge in [-0.05, 0) is 35.2 Å². The number of nitrogens with zero attached hydrogens (tertiary/aromatic N) is 2. The van der Waals surface area contributed by atoms with Crippen LogP contribution in [0.15, 0.2) is 72.1 Å². The topological polar surface area (TPSA) is 46.9 Å². The van der Waals surface area contributed by atoms with Gasteiger partial charge in [-0.3, -0.25) is 4.79 Å². The number of hydrogen-bond acceptors (Lipinski definition) is 3. The Kier molecular flexibility index (Phi) is 5.12. The molecule has 0 aliphatic heterocycles. The zero-order valence-corrected chi connectivity index (χ0v) is 15.5. The summed E-state index contributed by atoms with van der Waals surface area (Å²) >= 11 is 1.64. The highest BCUT2D eigenvalue weighted by Gasteiger charge is 2.12. The van der Waals surface area contributed by atoms with Crippen LogP contribution in [0, 0.1) is 0 Å². The highest BCUT2D eigenvalue weighted by atomic mass is 32.1. The van der Waals surface area contributed by atoms with Crippen molar-refractivity contribution >= 4 is 40.4 Å². The molecule has 0 aliphatic carbocycles. The molecule has 2 aromatic heterocycles. The molecule has 134 valence electrons. The molecule has 1 N–H and O–H groups in total. The number of amides is 1. The molecule has 0 saturated heterocycles. The van der Waals surface area contributed by atoms with Gasteiger partial charge < -0.3 is 9.88 Å². The van der Waals surface area contributed by atoms with Crippen molar-refractivity contribution in [3.63, 3.8) is 0 Å². The molecule has 2 heterocycles. The maximum absolute atomic E-state index is 12.5. The minimum absolute atomic E-state index is 0.0269. The second-order valence-corrected chi connectivity index (χ2v) is 7.18. The van der Waals surface area contributed by atoms with E-state index >= 15 is 0 Å². The Morgan fingerprint density at radius 2 is 1.81 bits per heavy atom. The number of benzene rings is 2. The average Bonchev–Trinajstić information content (AvgIpc) is 3.34. The van der Waals surface area contributed by atoms with Crippen molar-refractivity contribution in [1.82, 2.24) is 14.9 Å². The second kappa shape index (κ2) is 8.01. The molecule has 1 amide bonds. The number of nitrogens with one attached hydrogen (secondary N) is 1. The van der Waals surface area contributed by atoms with Gasteiger partial charge in [0, 0.05) is 4.88 Å². The smallest absolute Gasteiger partial charge is 0.240 e. The van der Waals surface area contributed by atoms with Gasteiger partial charge in [0.2, 0.25) is 5.91 Å². The number of para-hydroxylation sites is 2. The lowest BCUT2D eigenvalue weighted by atomic mass is 10.2. The largest absolute Gasteiger partial charge is 0.350 e. The summed E-state index contributed by atoms with van der Waals surface area (Å²) in [6.07, 6.45) is 3.98. The Balaban J connectivity index is 1.58. The van der Waals surface area contributed by atoms with Crippen molar-refractivity contribution in [3.8, 4) is 0 Å². The molecule has 0 saturated carbocycles. The van der Waals surface area contributed by atoms with Gasteiger partial charge in [0.05, 0.1) is 17.6 Å². The monoisotopic (exact) mass is 373 g/mol. The third kappa shape index (κ3) is 4.15. The van der Waals surface area contributed by atoms with Gasteiger partial charge >= 0.3 is 0 Å². The first kappa shape index (κ1) is 17.2. The van der Waals surface area contributed by atoms with Crippen LogP contribution in [-0.4, -0.2) is 15.5 Å². The van der Waals surface area contributed by atoms with Crippen molar-refractivity contribution in [2.24, 2.45) is 0 Å². The predicted octanol–water partition coefficient (Wildman–Crippen LogP) is 4.58. The van der Waals surface area contributed by atoms with E-state index in [9.17, 15) is 4.79 Å².